The monoisotopic (exact) mass is 260 g/mol. The van der Waals surface area contributed by atoms with Gasteiger partial charge in [0.15, 0.2) is 0 Å². The summed E-state index contributed by atoms with van der Waals surface area (Å²) in [6.07, 6.45) is -1.25. The van der Waals surface area contributed by atoms with E-state index in [9.17, 15) is 8.78 Å². The summed E-state index contributed by atoms with van der Waals surface area (Å²) < 4.78 is 25.0. The molecule has 0 saturated carbocycles. The van der Waals surface area contributed by atoms with Crippen molar-refractivity contribution in [2.45, 2.75) is 18.2 Å². The van der Waals surface area contributed by atoms with E-state index in [1.54, 1.807) is 0 Å². The molecule has 0 fully saturated rings. The van der Waals surface area contributed by atoms with Gasteiger partial charge in [0, 0.05) is 17.1 Å². The molecule has 0 amide bonds. The van der Waals surface area contributed by atoms with Crippen molar-refractivity contribution >= 4 is 15.9 Å². The molecule has 0 aliphatic carbocycles. The molecule has 1 heterocycles. The highest BCUT2D eigenvalue weighted by molar-refractivity contribution is 9.08. The van der Waals surface area contributed by atoms with Crippen molar-refractivity contribution in [3.8, 4) is 6.07 Å². The third-order valence-electron chi connectivity index (χ3n) is 1.72. The Morgan fingerprint density at radius 3 is 2.79 bits per heavy atom. The topological polar surface area (TPSA) is 36.7 Å². The molecule has 0 aliphatic heterocycles. The molecule has 0 saturated heterocycles. The third-order valence-corrected chi connectivity index (χ3v) is 2.30. The average molecular weight is 261 g/mol. The van der Waals surface area contributed by atoms with E-state index in [1.165, 1.54) is 12.3 Å². The van der Waals surface area contributed by atoms with Crippen molar-refractivity contribution in [1.82, 2.24) is 4.98 Å². The van der Waals surface area contributed by atoms with Crippen LogP contribution in [-0.2, 0) is 11.8 Å². The summed E-state index contributed by atoms with van der Waals surface area (Å²) in [5.74, 6) is 0. The van der Waals surface area contributed by atoms with Crippen LogP contribution in [0.4, 0.5) is 8.78 Å². The minimum atomic E-state index is -2.56. The lowest BCUT2D eigenvalue weighted by molar-refractivity contribution is 0.150. The maximum atomic E-state index is 12.5. The number of alkyl halides is 3. The summed E-state index contributed by atoms with van der Waals surface area (Å²) >= 11 is 3.13. The third kappa shape index (κ3) is 2.48. The van der Waals surface area contributed by atoms with Crippen molar-refractivity contribution in [1.29, 1.82) is 5.26 Å². The van der Waals surface area contributed by atoms with Crippen LogP contribution in [0.1, 0.15) is 23.2 Å². The fourth-order valence-corrected chi connectivity index (χ4v) is 1.36. The molecule has 1 aromatic rings. The quantitative estimate of drug-likeness (QED) is 0.784. The molecule has 0 aliphatic rings. The van der Waals surface area contributed by atoms with Crippen molar-refractivity contribution in [2.75, 3.05) is 0 Å². The Kier molecular flexibility index (Phi) is 3.96. The molecule has 0 spiro atoms. The number of hydrogen-bond donors (Lipinski definition) is 0. The van der Waals surface area contributed by atoms with Crippen LogP contribution in [0.15, 0.2) is 12.3 Å². The molecule has 1 rings (SSSR count). The molecule has 74 valence electrons. The van der Waals surface area contributed by atoms with Crippen LogP contribution < -0.4 is 0 Å². The van der Waals surface area contributed by atoms with Gasteiger partial charge in [0.1, 0.15) is 0 Å². The second-order valence-corrected chi connectivity index (χ2v) is 3.20. The van der Waals surface area contributed by atoms with Gasteiger partial charge in [-0.1, -0.05) is 15.9 Å². The summed E-state index contributed by atoms with van der Waals surface area (Å²) in [6, 6.07) is 3.16. The van der Waals surface area contributed by atoms with Gasteiger partial charge >= 0.3 is 0 Å². The van der Waals surface area contributed by atoms with Gasteiger partial charge in [0.25, 0.3) is 6.43 Å². The predicted octanol–water partition coefficient (Wildman–Crippen LogP) is 2.98. The van der Waals surface area contributed by atoms with Crippen molar-refractivity contribution in [3.63, 3.8) is 0 Å². The van der Waals surface area contributed by atoms with Gasteiger partial charge in [-0.3, -0.25) is 4.98 Å². The second-order valence-electron chi connectivity index (χ2n) is 2.64. The fraction of sp³-hybridized carbons (Fsp3) is 0.333. The Labute approximate surface area is 88.7 Å². The smallest absolute Gasteiger partial charge is 0.260 e. The maximum Gasteiger partial charge on any atom is 0.264 e. The van der Waals surface area contributed by atoms with Crippen LogP contribution in [0.2, 0.25) is 0 Å². The second kappa shape index (κ2) is 5.01. The number of hydrogen-bond acceptors (Lipinski definition) is 2. The molecular formula is C9H7BrF2N2. The number of halogens is 3. The van der Waals surface area contributed by atoms with Crippen LogP contribution in [0.5, 0.6) is 0 Å². The molecule has 0 radical (unpaired) electrons. The molecule has 14 heavy (non-hydrogen) atoms. The Hall–Kier alpha value is -1.02. The van der Waals surface area contributed by atoms with Crippen molar-refractivity contribution in [3.05, 3.63) is 29.1 Å². The van der Waals surface area contributed by atoms with E-state index in [4.69, 9.17) is 5.26 Å². The van der Waals surface area contributed by atoms with Gasteiger partial charge in [-0.25, -0.2) is 8.78 Å². The van der Waals surface area contributed by atoms with Gasteiger partial charge in [-0.15, -0.1) is 0 Å². The standard InChI is InChI=1S/C9H7BrF2N2/c10-4-7-3-8(9(11)12)6(1-2-13)5-14-7/h3,5,9H,1,4H2. The Morgan fingerprint density at radius 2 is 2.29 bits per heavy atom. The summed E-state index contributed by atoms with van der Waals surface area (Å²) in [4.78, 5) is 3.93. The molecular weight excluding hydrogens is 254 g/mol. The molecule has 0 atom stereocenters. The normalized spacial score (nSPS) is 10.2. The maximum absolute atomic E-state index is 12.5. The molecule has 0 N–H and O–H groups in total. The molecule has 2 nitrogen and oxygen atoms in total. The average Bonchev–Trinajstić information content (AvgIpc) is 2.18. The first-order valence-corrected chi connectivity index (χ1v) is 5.00. The number of pyridine rings is 1. The Morgan fingerprint density at radius 1 is 1.57 bits per heavy atom. The van der Waals surface area contributed by atoms with E-state index in [0.717, 1.165) is 0 Å². The largest absolute Gasteiger partial charge is 0.264 e. The highest BCUT2D eigenvalue weighted by atomic mass is 79.9. The molecule has 5 heteroatoms. The number of nitriles is 1. The number of rotatable bonds is 3. The highest BCUT2D eigenvalue weighted by Gasteiger charge is 2.13. The van der Waals surface area contributed by atoms with Gasteiger partial charge in [0.2, 0.25) is 0 Å². The van der Waals surface area contributed by atoms with Gasteiger partial charge < -0.3 is 0 Å². The zero-order valence-corrected chi connectivity index (χ0v) is 8.76. The van der Waals surface area contributed by atoms with Crippen LogP contribution in [0.25, 0.3) is 0 Å². The number of nitrogens with zero attached hydrogens (tertiary/aromatic N) is 2. The molecule has 0 aromatic carbocycles. The number of aromatic nitrogens is 1. The van der Waals surface area contributed by atoms with E-state index >= 15 is 0 Å². The highest BCUT2D eigenvalue weighted by Crippen LogP contribution is 2.24. The van der Waals surface area contributed by atoms with Crippen molar-refractivity contribution in [2.24, 2.45) is 0 Å². The van der Waals surface area contributed by atoms with Crippen LogP contribution in [-0.4, -0.2) is 4.98 Å². The van der Waals surface area contributed by atoms with Gasteiger partial charge in [-0.05, 0) is 11.6 Å². The first-order chi connectivity index (χ1) is 6.69. The zero-order chi connectivity index (χ0) is 10.6. The Balaban J connectivity index is 3.11. The summed E-state index contributed by atoms with van der Waals surface area (Å²) in [5.41, 5.74) is 0.741. The van der Waals surface area contributed by atoms with E-state index < -0.39 is 6.43 Å². The van der Waals surface area contributed by atoms with Crippen LogP contribution in [0.3, 0.4) is 0 Å². The molecule has 1 aromatic heterocycles. The Bertz CT molecular complexity index is 360. The first-order valence-electron chi connectivity index (χ1n) is 3.87. The van der Waals surface area contributed by atoms with Gasteiger partial charge in [-0.2, -0.15) is 5.26 Å². The van der Waals surface area contributed by atoms with Gasteiger partial charge in [0.05, 0.1) is 18.2 Å². The minimum Gasteiger partial charge on any atom is -0.260 e. The first kappa shape index (κ1) is 11.1. The summed E-state index contributed by atoms with van der Waals surface area (Å²) in [6.45, 7) is 0. The van der Waals surface area contributed by atoms with Crippen LogP contribution in [0, 0.1) is 11.3 Å². The van der Waals surface area contributed by atoms with Crippen molar-refractivity contribution < 1.29 is 8.78 Å². The summed E-state index contributed by atoms with van der Waals surface area (Å²) in [5, 5.41) is 8.85. The van der Waals surface area contributed by atoms with Crippen LogP contribution >= 0.6 is 15.9 Å². The lowest BCUT2D eigenvalue weighted by Crippen LogP contribution is -1.98. The molecule has 0 unspecified atom stereocenters. The lowest BCUT2D eigenvalue weighted by atomic mass is 10.1. The van der Waals surface area contributed by atoms with E-state index in [2.05, 4.69) is 20.9 Å². The lowest BCUT2D eigenvalue weighted by Gasteiger charge is -2.06. The van der Waals surface area contributed by atoms with E-state index in [-0.39, 0.29) is 12.0 Å². The predicted molar refractivity (Wildman–Crippen MR) is 51.1 cm³/mol. The van der Waals surface area contributed by atoms with E-state index in [1.807, 2.05) is 6.07 Å². The SMILES string of the molecule is N#CCc1cnc(CBr)cc1C(F)F. The fourth-order valence-electron chi connectivity index (χ4n) is 1.05. The molecule has 0 bridgehead atoms. The minimum absolute atomic E-state index is 0.0325. The zero-order valence-electron chi connectivity index (χ0n) is 7.17. The summed E-state index contributed by atoms with van der Waals surface area (Å²) in [7, 11) is 0. The van der Waals surface area contributed by atoms with E-state index in [0.29, 0.717) is 16.6 Å².